The molecule has 0 saturated carbocycles. The third-order valence-corrected chi connectivity index (χ3v) is 3.23. The van der Waals surface area contributed by atoms with Gasteiger partial charge in [-0.15, -0.1) is 0 Å². The van der Waals surface area contributed by atoms with Crippen molar-refractivity contribution in [1.82, 2.24) is 0 Å². The Morgan fingerprint density at radius 1 is 0.944 bits per heavy atom. The summed E-state index contributed by atoms with van der Waals surface area (Å²) in [5.41, 5.74) is -1.04. The van der Waals surface area contributed by atoms with Crippen LogP contribution in [0.3, 0.4) is 0 Å². The first-order chi connectivity index (χ1) is 8.50. The second kappa shape index (κ2) is 10.4. The Hall–Kier alpha value is -0.570. The average Bonchev–Trinajstić information content (AvgIpc) is 2.31. The zero-order chi connectivity index (χ0) is 13.9. The number of unbranched alkanes of at least 4 members (excludes halogenated alkanes) is 8. The summed E-state index contributed by atoms with van der Waals surface area (Å²) >= 11 is 0. The Labute approximate surface area is 112 Å². The van der Waals surface area contributed by atoms with Gasteiger partial charge in [0.05, 0.1) is 0 Å². The van der Waals surface area contributed by atoms with Crippen LogP contribution < -0.4 is 0 Å². The molecule has 18 heavy (non-hydrogen) atoms. The topological polar surface area (TPSA) is 46.5 Å². The molecular weight excluding hydrogens is 228 g/mol. The van der Waals surface area contributed by atoms with Gasteiger partial charge in [0.15, 0.2) is 5.60 Å². The first-order valence-corrected chi connectivity index (χ1v) is 7.38. The van der Waals surface area contributed by atoms with Gasteiger partial charge in [0.2, 0.25) is 0 Å². The van der Waals surface area contributed by atoms with Crippen LogP contribution in [0.2, 0.25) is 0 Å². The molecular formula is C15H30O3. The lowest BCUT2D eigenvalue weighted by molar-refractivity contribution is -0.161. The lowest BCUT2D eigenvalue weighted by atomic mass is 10.1. The highest BCUT2D eigenvalue weighted by Gasteiger charge is 2.27. The number of rotatable bonds is 12. The van der Waals surface area contributed by atoms with Crippen molar-refractivity contribution in [1.29, 1.82) is 0 Å². The first kappa shape index (κ1) is 17.4. The highest BCUT2D eigenvalue weighted by molar-refractivity contribution is 5.76. The van der Waals surface area contributed by atoms with Crippen molar-refractivity contribution < 1.29 is 14.6 Å². The second-order valence-electron chi connectivity index (χ2n) is 5.49. The van der Waals surface area contributed by atoms with Gasteiger partial charge in [0.1, 0.15) is 0 Å². The normalized spacial score (nSPS) is 11.7. The molecule has 108 valence electrons. The van der Waals surface area contributed by atoms with Gasteiger partial charge < -0.3 is 9.84 Å². The largest absolute Gasteiger partial charge is 0.479 e. The minimum atomic E-state index is -1.04. The van der Waals surface area contributed by atoms with Crippen molar-refractivity contribution in [3.8, 4) is 0 Å². The molecule has 0 rings (SSSR count). The smallest absolute Gasteiger partial charge is 0.335 e. The van der Waals surface area contributed by atoms with Crippen molar-refractivity contribution in [3.05, 3.63) is 0 Å². The molecule has 0 fully saturated rings. The Morgan fingerprint density at radius 2 is 1.39 bits per heavy atom. The molecule has 0 radical (unpaired) electrons. The molecule has 0 atom stereocenters. The summed E-state index contributed by atoms with van der Waals surface area (Å²) in [7, 11) is 0. The van der Waals surface area contributed by atoms with E-state index in [0.29, 0.717) is 6.61 Å². The molecule has 0 aliphatic heterocycles. The maximum Gasteiger partial charge on any atom is 0.335 e. The maximum atomic E-state index is 10.8. The van der Waals surface area contributed by atoms with E-state index in [1.54, 1.807) is 13.8 Å². The van der Waals surface area contributed by atoms with Gasteiger partial charge in [-0.2, -0.15) is 0 Å². The first-order valence-electron chi connectivity index (χ1n) is 7.38. The minimum absolute atomic E-state index is 0.551. The summed E-state index contributed by atoms with van der Waals surface area (Å²) in [4.78, 5) is 10.8. The van der Waals surface area contributed by atoms with Crippen molar-refractivity contribution in [2.75, 3.05) is 6.61 Å². The van der Waals surface area contributed by atoms with E-state index < -0.39 is 11.6 Å². The third kappa shape index (κ3) is 9.46. The number of hydrogen-bond donors (Lipinski definition) is 1. The van der Waals surface area contributed by atoms with Gasteiger partial charge in [-0.1, -0.05) is 58.3 Å². The van der Waals surface area contributed by atoms with E-state index in [0.717, 1.165) is 12.8 Å². The molecule has 3 nitrogen and oxygen atoms in total. The number of ether oxygens (including phenoxy) is 1. The fourth-order valence-corrected chi connectivity index (χ4v) is 1.80. The van der Waals surface area contributed by atoms with E-state index in [4.69, 9.17) is 9.84 Å². The molecule has 0 aliphatic rings. The molecule has 0 spiro atoms. The molecule has 0 heterocycles. The Morgan fingerprint density at radius 3 is 1.83 bits per heavy atom. The fraction of sp³-hybridized carbons (Fsp3) is 0.933. The number of aliphatic carboxylic acids is 1. The van der Waals surface area contributed by atoms with Crippen LogP contribution in [-0.2, 0) is 9.53 Å². The van der Waals surface area contributed by atoms with Crippen LogP contribution in [0.4, 0.5) is 0 Å². The summed E-state index contributed by atoms with van der Waals surface area (Å²) in [5, 5.41) is 8.86. The van der Waals surface area contributed by atoms with Crippen LogP contribution in [0.15, 0.2) is 0 Å². The summed E-state index contributed by atoms with van der Waals surface area (Å²) in [5.74, 6) is -0.890. The standard InChI is InChI=1S/C15H30O3/c1-4-5-6-7-8-9-10-11-12-13-18-15(2,3)14(16)17/h4-13H2,1-3H3,(H,16,17). The van der Waals surface area contributed by atoms with Crippen LogP contribution in [0, 0.1) is 0 Å². The summed E-state index contributed by atoms with van der Waals surface area (Å²) in [6.07, 6.45) is 11.4. The Kier molecular flexibility index (Phi) is 10.0. The lowest BCUT2D eigenvalue weighted by Crippen LogP contribution is -2.35. The predicted octanol–water partition coefficient (Wildman–Crippen LogP) is 4.40. The van der Waals surface area contributed by atoms with E-state index in [1.807, 2.05) is 0 Å². The second-order valence-corrected chi connectivity index (χ2v) is 5.49. The van der Waals surface area contributed by atoms with Gasteiger partial charge >= 0.3 is 5.97 Å². The summed E-state index contributed by atoms with van der Waals surface area (Å²) in [6.45, 7) is 5.99. The lowest BCUT2D eigenvalue weighted by Gasteiger charge is -2.19. The SMILES string of the molecule is CCCCCCCCCCCOC(C)(C)C(=O)O. The van der Waals surface area contributed by atoms with Gasteiger partial charge in [-0.25, -0.2) is 4.79 Å². The van der Waals surface area contributed by atoms with Crippen LogP contribution in [0.1, 0.15) is 78.6 Å². The fourth-order valence-electron chi connectivity index (χ4n) is 1.80. The van der Waals surface area contributed by atoms with Gasteiger partial charge in [-0.05, 0) is 20.3 Å². The zero-order valence-electron chi connectivity index (χ0n) is 12.3. The highest BCUT2D eigenvalue weighted by atomic mass is 16.5. The molecule has 0 aromatic heterocycles. The predicted molar refractivity (Wildman–Crippen MR) is 74.9 cm³/mol. The van der Waals surface area contributed by atoms with E-state index in [9.17, 15) is 4.79 Å². The summed E-state index contributed by atoms with van der Waals surface area (Å²) in [6, 6.07) is 0. The quantitative estimate of drug-likeness (QED) is 0.528. The highest BCUT2D eigenvalue weighted by Crippen LogP contribution is 2.12. The van der Waals surface area contributed by atoms with Crippen molar-refractivity contribution in [3.63, 3.8) is 0 Å². The monoisotopic (exact) mass is 258 g/mol. The van der Waals surface area contributed by atoms with Gasteiger partial charge in [0.25, 0.3) is 0 Å². The van der Waals surface area contributed by atoms with Crippen molar-refractivity contribution >= 4 is 5.97 Å². The molecule has 3 heteroatoms. The minimum Gasteiger partial charge on any atom is -0.479 e. The number of carboxylic acid groups (broad SMARTS) is 1. The summed E-state index contributed by atoms with van der Waals surface area (Å²) < 4.78 is 5.35. The van der Waals surface area contributed by atoms with Crippen LogP contribution in [0.5, 0.6) is 0 Å². The van der Waals surface area contributed by atoms with Gasteiger partial charge in [-0.3, -0.25) is 0 Å². The molecule has 1 N–H and O–H groups in total. The molecule has 0 bridgehead atoms. The molecule has 0 unspecified atom stereocenters. The van der Waals surface area contributed by atoms with E-state index in [2.05, 4.69) is 6.92 Å². The van der Waals surface area contributed by atoms with Gasteiger partial charge in [0, 0.05) is 6.61 Å². The molecule has 0 aromatic rings. The molecule has 0 amide bonds. The van der Waals surface area contributed by atoms with E-state index >= 15 is 0 Å². The average molecular weight is 258 g/mol. The van der Waals surface area contributed by atoms with E-state index in [-0.39, 0.29) is 0 Å². The zero-order valence-corrected chi connectivity index (χ0v) is 12.3. The Bertz CT molecular complexity index is 212. The van der Waals surface area contributed by atoms with Crippen molar-refractivity contribution in [2.24, 2.45) is 0 Å². The number of hydrogen-bond acceptors (Lipinski definition) is 2. The number of carbonyl (C=O) groups is 1. The number of carboxylic acids is 1. The van der Waals surface area contributed by atoms with Crippen molar-refractivity contribution in [2.45, 2.75) is 84.2 Å². The van der Waals surface area contributed by atoms with Crippen LogP contribution in [0.25, 0.3) is 0 Å². The van der Waals surface area contributed by atoms with E-state index in [1.165, 1.54) is 44.9 Å². The molecule has 0 saturated heterocycles. The molecule has 0 aliphatic carbocycles. The molecule has 0 aromatic carbocycles. The van der Waals surface area contributed by atoms with Crippen LogP contribution in [-0.4, -0.2) is 23.3 Å². The third-order valence-electron chi connectivity index (χ3n) is 3.23. The Balaban J connectivity index is 3.24. The van der Waals surface area contributed by atoms with Crippen LogP contribution >= 0.6 is 0 Å². The maximum absolute atomic E-state index is 10.8.